The van der Waals surface area contributed by atoms with Crippen molar-refractivity contribution < 1.29 is 28.7 Å². The van der Waals surface area contributed by atoms with E-state index in [0.29, 0.717) is 62.5 Å². The fourth-order valence-electron chi connectivity index (χ4n) is 10.4. The highest BCUT2D eigenvalue weighted by atomic mass is 16.5. The van der Waals surface area contributed by atoms with Crippen molar-refractivity contribution in [3.63, 3.8) is 0 Å². The molecule has 3 aromatic rings. The van der Waals surface area contributed by atoms with Crippen LogP contribution >= 0.6 is 0 Å². The van der Waals surface area contributed by atoms with E-state index in [1.807, 2.05) is 51.1 Å². The summed E-state index contributed by atoms with van der Waals surface area (Å²) in [6.45, 7) is 23.2. The summed E-state index contributed by atoms with van der Waals surface area (Å²) >= 11 is 0. The smallest absolute Gasteiger partial charge is 0.321 e. The molecule has 0 saturated carbocycles. The van der Waals surface area contributed by atoms with E-state index in [1.54, 1.807) is 6.92 Å². The third-order valence-corrected chi connectivity index (χ3v) is 14.5. The van der Waals surface area contributed by atoms with Crippen molar-refractivity contribution in [2.75, 3.05) is 13.7 Å². The minimum Gasteiger partial charge on any atom is -0.468 e. The lowest BCUT2D eigenvalue weighted by Gasteiger charge is -2.18. The highest BCUT2D eigenvalue weighted by Crippen LogP contribution is 2.48. The Kier molecular flexibility index (Phi) is 16.3. The number of fused-ring (bicyclic) bond motifs is 8. The number of methoxy groups -OCH3 is 1. The highest BCUT2D eigenvalue weighted by Gasteiger charge is 2.45. The Bertz CT molecular complexity index is 2520. The zero-order valence-electron chi connectivity index (χ0n) is 41.3. The molecule has 10 nitrogen and oxygen atoms in total. The molecule has 0 amide bonds. The Hall–Kier alpha value is -5.12. The Balaban J connectivity index is 1.25. The third-order valence-electron chi connectivity index (χ3n) is 14.5. The number of carbonyl (C=O) groups is 4. The van der Waals surface area contributed by atoms with Crippen molar-refractivity contribution in [1.29, 1.82) is 0 Å². The summed E-state index contributed by atoms with van der Waals surface area (Å²) in [6, 6.07) is 5.87. The number of esters is 2. The standard InChI is InChI=1S/C55H74N4O6/c1-13-39-34(7)41-29-46-48(38(11)60)36(9)43(57-46)27-42-35(8)40(52(58-42)50-51(55(63)64-12)54(62)49-37(10)44(59-53(49)50)28-45(39)56-41)23-24-47(61)65-26-25-33(6)22-16-21-32(5)20-15-19-31(4)18-14-17-30(2)3/h13,25,27-32,34-35,40,51,57,59H,14-24,26H2,1-12H3/b33-25+,39-13+,41-29?,42-27?,43-27?,44-28?,45-28?,46-29?,52-50?. The van der Waals surface area contributed by atoms with Crippen LogP contribution in [0.5, 0.6) is 0 Å². The molecule has 1 aliphatic carbocycles. The van der Waals surface area contributed by atoms with E-state index in [9.17, 15) is 19.2 Å². The van der Waals surface area contributed by atoms with Crippen LogP contribution in [0, 0.1) is 31.6 Å². The monoisotopic (exact) mass is 887 g/mol. The Morgan fingerprint density at radius 1 is 0.815 bits per heavy atom. The average Bonchev–Trinajstić information content (AvgIpc) is 4.00. The van der Waals surface area contributed by atoms with Crippen LogP contribution in [-0.2, 0) is 19.1 Å². The molecule has 0 fully saturated rings. The number of hydrogen-bond donors (Lipinski definition) is 2. The van der Waals surface area contributed by atoms with Gasteiger partial charge in [0.25, 0.3) is 0 Å². The van der Waals surface area contributed by atoms with E-state index in [0.717, 1.165) is 52.7 Å². The molecule has 0 radical (unpaired) electrons. The Morgan fingerprint density at radius 2 is 1.46 bits per heavy atom. The molecule has 65 heavy (non-hydrogen) atoms. The second-order valence-electron chi connectivity index (χ2n) is 19.9. The van der Waals surface area contributed by atoms with E-state index in [2.05, 4.69) is 58.4 Å². The molecular weight excluding hydrogens is 813 g/mol. The number of rotatable bonds is 19. The van der Waals surface area contributed by atoms with E-state index in [4.69, 9.17) is 19.4 Å². The predicted octanol–water partition coefficient (Wildman–Crippen LogP) is 13.4. The van der Waals surface area contributed by atoms with Gasteiger partial charge in [-0.15, -0.1) is 0 Å². The second-order valence-corrected chi connectivity index (χ2v) is 19.9. The van der Waals surface area contributed by atoms with Crippen LogP contribution in [0.25, 0.3) is 27.6 Å². The van der Waals surface area contributed by atoms with E-state index >= 15 is 0 Å². The molecule has 6 atom stereocenters. The SMILES string of the molecule is C/C=C1/c2cc3[nH]c4c(c3C)C(=O)C(C(=O)OC)c4c3nc(cc4[nH]c(cc(n2)C1C)c(C(C)=O)c4C)C(C)C3CCC(=O)OC/C=C(\C)CCCC(C)CCCC(C)CCCC(C)C. The van der Waals surface area contributed by atoms with Crippen molar-refractivity contribution in [1.82, 2.24) is 19.9 Å². The van der Waals surface area contributed by atoms with Gasteiger partial charge in [0.1, 0.15) is 12.5 Å². The first-order chi connectivity index (χ1) is 30.9. The molecule has 0 saturated heterocycles. The van der Waals surface area contributed by atoms with Crippen LogP contribution in [0.3, 0.4) is 0 Å². The van der Waals surface area contributed by atoms with Crippen molar-refractivity contribution in [2.45, 2.75) is 170 Å². The first kappa shape index (κ1) is 49.3. The number of H-pyrrole nitrogens is 2. The number of allylic oxidation sites excluding steroid dienone is 3. The van der Waals surface area contributed by atoms with Gasteiger partial charge < -0.3 is 19.4 Å². The molecule has 3 aliphatic rings. The maximum Gasteiger partial charge on any atom is 0.321 e. The number of carbonyl (C=O) groups excluding carboxylic acids is 4. The molecule has 350 valence electrons. The number of Topliss-reactive ketones (excluding diaryl/α,β-unsaturated/α-hetero) is 2. The van der Waals surface area contributed by atoms with Gasteiger partial charge in [-0.1, -0.05) is 98.1 Å². The molecule has 0 aromatic carbocycles. The molecule has 2 N–H and O–H groups in total. The van der Waals surface area contributed by atoms with Crippen molar-refractivity contribution in [2.24, 2.45) is 17.8 Å². The number of ketones is 2. The van der Waals surface area contributed by atoms with Crippen LogP contribution in [0.2, 0.25) is 0 Å². The van der Waals surface area contributed by atoms with Gasteiger partial charge in [-0.2, -0.15) is 0 Å². The number of aromatic amines is 2. The number of aromatic nitrogens is 4. The number of nitrogens with one attached hydrogen (secondary N) is 2. The van der Waals surface area contributed by atoms with Crippen LogP contribution in [0.4, 0.5) is 0 Å². The van der Waals surface area contributed by atoms with Gasteiger partial charge in [-0.25, -0.2) is 0 Å². The fourth-order valence-corrected chi connectivity index (χ4v) is 10.4. The number of hydrogen-bond acceptors (Lipinski definition) is 8. The largest absolute Gasteiger partial charge is 0.468 e. The zero-order chi connectivity index (χ0) is 47.3. The molecule has 3 aromatic heterocycles. The number of ether oxygens (including phenoxy) is 2. The van der Waals surface area contributed by atoms with Crippen molar-refractivity contribution in [3.8, 4) is 0 Å². The topological polar surface area (TPSA) is 144 Å². The first-order valence-corrected chi connectivity index (χ1v) is 24.3. The molecule has 10 heteroatoms. The Morgan fingerprint density at radius 3 is 2.11 bits per heavy atom. The third kappa shape index (κ3) is 11.0. The highest BCUT2D eigenvalue weighted by molar-refractivity contribution is 6.23. The first-order valence-electron chi connectivity index (χ1n) is 24.3. The van der Waals surface area contributed by atoms with E-state index in [1.165, 1.54) is 57.6 Å². The van der Waals surface area contributed by atoms with Crippen LogP contribution in [0.15, 0.2) is 35.9 Å². The summed E-state index contributed by atoms with van der Waals surface area (Å²) in [5.74, 6) is -0.905. The minimum atomic E-state index is -1.22. The normalized spacial score (nSPS) is 19.9. The summed E-state index contributed by atoms with van der Waals surface area (Å²) in [7, 11) is 1.29. The molecule has 8 bridgehead atoms. The molecule has 6 rings (SSSR count). The molecule has 6 unspecified atom stereocenters. The summed E-state index contributed by atoms with van der Waals surface area (Å²) < 4.78 is 11.1. The van der Waals surface area contributed by atoms with Gasteiger partial charge in [-0.3, -0.25) is 29.1 Å². The van der Waals surface area contributed by atoms with Crippen molar-refractivity contribution >= 4 is 51.1 Å². The van der Waals surface area contributed by atoms with Crippen LogP contribution < -0.4 is 0 Å². The van der Waals surface area contributed by atoms with Crippen LogP contribution in [-0.4, -0.2) is 57.2 Å². The quantitative estimate of drug-likeness (QED) is 0.0524. The summed E-state index contributed by atoms with van der Waals surface area (Å²) in [5.41, 5.74) is 10.7. The second kappa shape index (κ2) is 21.5. The molecule has 5 heterocycles. The van der Waals surface area contributed by atoms with Gasteiger partial charge in [0, 0.05) is 57.6 Å². The van der Waals surface area contributed by atoms with Crippen LogP contribution in [0.1, 0.15) is 217 Å². The zero-order valence-corrected chi connectivity index (χ0v) is 41.3. The van der Waals surface area contributed by atoms with Gasteiger partial charge in [0.2, 0.25) is 0 Å². The number of aryl methyl sites for hydroxylation is 2. The molecular formula is C55H74N4O6. The summed E-state index contributed by atoms with van der Waals surface area (Å²) in [4.78, 5) is 72.0. The maximum absolute atomic E-state index is 14.4. The van der Waals surface area contributed by atoms with E-state index in [-0.39, 0.29) is 48.3 Å². The average molecular weight is 887 g/mol. The molecule has 2 aliphatic heterocycles. The summed E-state index contributed by atoms with van der Waals surface area (Å²) in [6.07, 6.45) is 15.8. The van der Waals surface area contributed by atoms with Crippen molar-refractivity contribution in [3.05, 3.63) is 86.5 Å². The van der Waals surface area contributed by atoms with Gasteiger partial charge >= 0.3 is 11.9 Å². The maximum atomic E-state index is 14.4. The van der Waals surface area contributed by atoms with E-state index < -0.39 is 11.9 Å². The minimum absolute atomic E-state index is 0.0485. The lowest BCUT2D eigenvalue weighted by molar-refractivity contribution is -0.143. The fraction of sp³-hybridized carbons (Fsp3) is 0.564. The number of nitrogens with zero attached hydrogens (tertiary/aromatic N) is 2. The Labute approximate surface area is 386 Å². The van der Waals surface area contributed by atoms with Gasteiger partial charge in [0.05, 0.1) is 35.2 Å². The predicted molar refractivity (Wildman–Crippen MR) is 261 cm³/mol. The molecule has 0 spiro atoms. The summed E-state index contributed by atoms with van der Waals surface area (Å²) in [5, 5.41) is 0. The lowest BCUT2D eigenvalue weighted by Crippen LogP contribution is -2.21. The lowest BCUT2D eigenvalue weighted by atomic mass is 9.84. The van der Waals surface area contributed by atoms with Gasteiger partial charge in [0.15, 0.2) is 11.6 Å². The van der Waals surface area contributed by atoms with Gasteiger partial charge in [-0.05, 0) is 113 Å².